The van der Waals surface area contributed by atoms with Gasteiger partial charge in [0.25, 0.3) is 5.91 Å². The number of benzene rings is 2. The van der Waals surface area contributed by atoms with E-state index in [9.17, 15) is 4.79 Å². The number of amides is 1. The van der Waals surface area contributed by atoms with Gasteiger partial charge in [0, 0.05) is 40.1 Å². The number of nitrogens with one attached hydrogen (secondary N) is 1. The van der Waals surface area contributed by atoms with E-state index < -0.39 is 0 Å². The molecule has 2 atom stereocenters. The molecule has 2 heterocycles. The summed E-state index contributed by atoms with van der Waals surface area (Å²) in [5.74, 6) is 5.54. The van der Waals surface area contributed by atoms with Gasteiger partial charge in [0.1, 0.15) is 6.10 Å². The first-order chi connectivity index (χ1) is 15.1. The number of nitrogens with zero attached hydrogens (tertiary/aromatic N) is 2. The molecule has 1 aromatic heterocycles. The number of nitrogens with two attached hydrogens (primary N) is 1. The van der Waals surface area contributed by atoms with E-state index in [1.807, 2.05) is 36.4 Å². The minimum absolute atomic E-state index is 0.116. The van der Waals surface area contributed by atoms with Crippen molar-refractivity contribution >= 4 is 35.1 Å². The topological polar surface area (TPSA) is 80.5 Å². The van der Waals surface area contributed by atoms with Crippen LogP contribution in [-0.2, 0) is 4.84 Å². The Labute approximate surface area is 190 Å². The van der Waals surface area contributed by atoms with Crippen LogP contribution in [0.15, 0.2) is 78.0 Å². The number of anilines is 1. The Morgan fingerprint density at radius 2 is 1.97 bits per heavy atom. The van der Waals surface area contributed by atoms with Gasteiger partial charge in [0.05, 0.1) is 6.04 Å². The Kier molecular flexibility index (Phi) is 7.21. The third-order valence-corrected chi connectivity index (χ3v) is 6.59. The van der Waals surface area contributed by atoms with Gasteiger partial charge in [-0.25, -0.2) is 10.2 Å². The highest BCUT2D eigenvalue weighted by Crippen LogP contribution is 2.38. The van der Waals surface area contributed by atoms with Crippen LogP contribution in [0, 0.1) is 0 Å². The summed E-state index contributed by atoms with van der Waals surface area (Å²) in [6.07, 6.45) is 5.00. The summed E-state index contributed by atoms with van der Waals surface area (Å²) in [6, 6.07) is 18.8. The lowest BCUT2D eigenvalue weighted by Crippen LogP contribution is -2.32. The quantitative estimate of drug-likeness (QED) is 0.382. The van der Waals surface area contributed by atoms with Gasteiger partial charge in [0.2, 0.25) is 0 Å². The molecule has 1 aliphatic heterocycles. The van der Waals surface area contributed by atoms with Crippen molar-refractivity contribution in [1.29, 1.82) is 0 Å². The summed E-state index contributed by atoms with van der Waals surface area (Å²) >= 11 is 7.80. The van der Waals surface area contributed by atoms with Crippen molar-refractivity contribution in [2.24, 2.45) is 5.90 Å². The molecule has 1 aliphatic rings. The van der Waals surface area contributed by atoms with Gasteiger partial charge >= 0.3 is 0 Å². The maximum atomic E-state index is 12.5. The zero-order chi connectivity index (χ0) is 21.6. The highest BCUT2D eigenvalue weighted by molar-refractivity contribution is 7.97. The molecule has 2 aromatic carbocycles. The van der Waals surface area contributed by atoms with Crippen molar-refractivity contribution in [3.63, 3.8) is 0 Å². The standard InChI is InChI=1S/C23H23ClN4O2S/c24-18-3-1-4-20(15-18)31-28-14-2-5-21(28)22(30-25)16-6-8-17(9-7-16)23(29)27-19-10-12-26-13-11-19/h1,3-4,6-13,15,21-22H,2,5,14,25H2,(H,26,27,29). The van der Waals surface area contributed by atoms with Crippen LogP contribution in [0.5, 0.6) is 0 Å². The van der Waals surface area contributed by atoms with Crippen molar-refractivity contribution in [2.45, 2.75) is 29.9 Å². The van der Waals surface area contributed by atoms with Gasteiger partial charge in [-0.1, -0.05) is 29.8 Å². The third-order valence-electron chi connectivity index (χ3n) is 5.20. The Bertz CT molecular complexity index is 1020. The second-order valence-electron chi connectivity index (χ2n) is 7.27. The number of rotatable bonds is 7. The zero-order valence-electron chi connectivity index (χ0n) is 16.8. The Hall–Kier alpha value is -2.42. The second kappa shape index (κ2) is 10.3. The highest BCUT2D eigenvalue weighted by Gasteiger charge is 2.34. The Morgan fingerprint density at radius 1 is 1.19 bits per heavy atom. The molecule has 31 heavy (non-hydrogen) atoms. The maximum absolute atomic E-state index is 12.5. The van der Waals surface area contributed by atoms with Gasteiger partial charge in [-0.05, 0) is 72.8 Å². The van der Waals surface area contributed by atoms with Gasteiger partial charge in [-0.2, -0.15) is 0 Å². The van der Waals surface area contributed by atoms with Crippen LogP contribution in [0.4, 0.5) is 5.69 Å². The van der Waals surface area contributed by atoms with Crippen LogP contribution in [0.1, 0.15) is 34.9 Å². The minimum Gasteiger partial charge on any atom is -0.322 e. The summed E-state index contributed by atoms with van der Waals surface area (Å²) < 4.78 is 2.30. The van der Waals surface area contributed by atoms with Crippen molar-refractivity contribution in [3.8, 4) is 0 Å². The molecule has 3 aromatic rings. The molecule has 4 rings (SSSR count). The summed E-state index contributed by atoms with van der Waals surface area (Å²) in [7, 11) is 0. The summed E-state index contributed by atoms with van der Waals surface area (Å²) in [5.41, 5.74) is 2.20. The van der Waals surface area contributed by atoms with E-state index in [4.69, 9.17) is 22.3 Å². The molecule has 8 heteroatoms. The SMILES string of the molecule is NOC(c1ccc(C(=O)Nc2ccncc2)cc1)C1CCCN1Sc1cccc(Cl)c1. The first-order valence-corrected chi connectivity index (χ1v) is 11.2. The maximum Gasteiger partial charge on any atom is 0.255 e. The molecule has 160 valence electrons. The number of pyridine rings is 1. The molecule has 0 aliphatic carbocycles. The van der Waals surface area contributed by atoms with E-state index >= 15 is 0 Å². The summed E-state index contributed by atoms with van der Waals surface area (Å²) in [6.45, 7) is 0.939. The highest BCUT2D eigenvalue weighted by atomic mass is 35.5. The van der Waals surface area contributed by atoms with Gasteiger partial charge in [0.15, 0.2) is 0 Å². The zero-order valence-corrected chi connectivity index (χ0v) is 18.4. The van der Waals surface area contributed by atoms with Crippen LogP contribution in [0.3, 0.4) is 0 Å². The second-order valence-corrected chi connectivity index (χ2v) is 8.83. The first kappa shape index (κ1) is 21.8. The van der Waals surface area contributed by atoms with E-state index in [1.165, 1.54) is 0 Å². The van der Waals surface area contributed by atoms with Crippen molar-refractivity contribution in [1.82, 2.24) is 9.29 Å². The summed E-state index contributed by atoms with van der Waals surface area (Å²) in [4.78, 5) is 22.9. The Balaban J connectivity index is 1.46. The molecule has 1 amide bonds. The molecular formula is C23H23ClN4O2S. The lowest BCUT2D eigenvalue weighted by Gasteiger charge is -2.29. The fraction of sp³-hybridized carbons (Fsp3) is 0.217. The minimum atomic E-state index is -0.300. The number of hydrogen-bond acceptors (Lipinski definition) is 6. The van der Waals surface area contributed by atoms with E-state index in [0.29, 0.717) is 16.3 Å². The van der Waals surface area contributed by atoms with Crippen LogP contribution < -0.4 is 11.2 Å². The molecular weight excluding hydrogens is 432 g/mol. The fourth-order valence-corrected chi connectivity index (χ4v) is 5.11. The molecule has 1 fully saturated rings. The van der Waals surface area contributed by atoms with E-state index in [-0.39, 0.29) is 18.1 Å². The average Bonchev–Trinajstić information content (AvgIpc) is 3.23. The lowest BCUT2D eigenvalue weighted by atomic mass is 9.99. The predicted molar refractivity (Wildman–Crippen MR) is 124 cm³/mol. The van der Waals surface area contributed by atoms with E-state index in [2.05, 4.69) is 14.6 Å². The van der Waals surface area contributed by atoms with Gasteiger partial charge in [-0.3, -0.25) is 14.6 Å². The first-order valence-electron chi connectivity index (χ1n) is 10.0. The fourth-order valence-electron chi connectivity index (χ4n) is 3.70. The molecule has 0 spiro atoms. The number of carbonyl (C=O) groups excluding carboxylic acids is 1. The van der Waals surface area contributed by atoms with Crippen LogP contribution in [0.25, 0.3) is 0 Å². The van der Waals surface area contributed by atoms with Crippen LogP contribution in [-0.4, -0.2) is 27.8 Å². The van der Waals surface area contributed by atoms with E-state index in [1.54, 1.807) is 48.6 Å². The third kappa shape index (κ3) is 5.44. The van der Waals surface area contributed by atoms with Crippen molar-refractivity contribution in [3.05, 3.63) is 89.2 Å². The lowest BCUT2D eigenvalue weighted by molar-refractivity contribution is 0.0145. The molecule has 0 radical (unpaired) electrons. The number of halogens is 1. The van der Waals surface area contributed by atoms with Gasteiger partial charge < -0.3 is 5.32 Å². The number of hydrogen-bond donors (Lipinski definition) is 2. The normalized spacial score (nSPS) is 17.4. The Morgan fingerprint density at radius 3 is 2.68 bits per heavy atom. The van der Waals surface area contributed by atoms with E-state index in [0.717, 1.165) is 29.8 Å². The van der Waals surface area contributed by atoms with Crippen molar-refractivity contribution in [2.75, 3.05) is 11.9 Å². The molecule has 3 N–H and O–H groups in total. The molecule has 2 unspecified atom stereocenters. The largest absolute Gasteiger partial charge is 0.322 e. The molecule has 6 nitrogen and oxygen atoms in total. The molecule has 1 saturated heterocycles. The number of carbonyl (C=O) groups is 1. The molecule has 0 saturated carbocycles. The number of aromatic nitrogens is 1. The predicted octanol–water partition coefficient (Wildman–Crippen LogP) is 5.09. The smallest absolute Gasteiger partial charge is 0.255 e. The van der Waals surface area contributed by atoms with Gasteiger partial charge in [-0.15, -0.1) is 0 Å². The molecule has 0 bridgehead atoms. The van der Waals surface area contributed by atoms with Crippen molar-refractivity contribution < 1.29 is 9.63 Å². The van der Waals surface area contributed by atoms with Crippen LogP contribution in [0.2, 0.25) is 5.02 Å². The monoisotopic (exact) mass is 454 g/mol. The average molecular weight is 455 g/mol. The van der Waals surface area contributed by atoms with Crippen LogP contribution >= 0.6 is 23.5 Å². The summed E-state index contributed by atoms with van der Waals surface area (Å²) in [5, 5.41) is 3.57.